The normalized spacial score (nSPS) is 15.3. The van der Waals surface area contributed by atoms with Crippen LogP contribution in [0.1, 0.15) is 20.8 Å². The lowest BCUT2D eigenvalue weighted by Gasteiger charge is -2.25. The van der Waals surface area contributed by atoms with E-state index in [2.05, 4.69) is 0 Å². The first-order valence-electron chi connectivity index (χ1n) is 7.84. The molecule has 2 heterocycles. The molecule has 3 rings (SSSR count). The third-order valence-corrected chi connectivity index (χ3v) is 6.79. The van der Waals surface area contributed by atoms with E-state index in [1.807, 2.05) is 6.07 Å². The van der Waals surface area contributed by atoms with E-state index in [4.69, 9.17) is 14.7 Å². The van der Waals surface area contributed by atoms with Crippen molar-refractivity contribution in [1.29, 1.82) is 5.26 Å². The largest absolute Gasteiger partial charge is 0.457 e. The van der Waals surface area contributed by atoms with E-state index < -0.39 is 16.0 Å². The van der Waals surface area contributed by atoms with Crippen LogP contribution in [0.3, 0.4) is 0 Å². The van der Waals surface area contributed by atoms with Gasteiger partial charge in [-0.3, -0.25) is 0 Å². The molecule has 0 bridgehead atoms. The number of nitrogens with zero attached hydrogens (tertiary/aromatic N) is 2. The Kier molecular flexibility index (Phi) is 5.68. The monoisotopic (exact) mass is 392 g/mol. The van der Waals surface area contributed by atoms with Crippen molar-refractivity contribution < 1.29 is 22.7 Å². The highest BCUT2D eigenvalue weighted by Crippen LogP contribution is 2.27. The Balaban J connectivity index is 1.75. The topological polar surface area (TPSA) is 96.7 Å². The van der Waals surface area contributed by atoms with Gasteiger partial charge in [0.2, 0.25) is 10.0 Å². The predicted molar refractivity (Wildman–Crippen MR) is 94.2 cm³/mol. The number of rotatable bonds is 5. The van der Waals surface area contributed by atoms with Crippen LogP contribution in [0.25, 0.3) is 0 Å². The van der Waals surface area contributed by atoms with Gasteiger partial charge in [0.1, 0.15) is 16.4 Å². The summed E-state index contributed by atoms with van der Waals surface area (Å²) < 4.78 is 37.3. The van der Waals surface area contributed by atoms with Crippen molar-refractivity contribution in [1.82, 2.24) is 4.31 Å². The molecule has 0 atom stereocenters. The quantitative estimate of drug-likeness (QED) is 0.722. The zero-order chi connectivity index (χ0) is 18.6. The molecule has 0 unspecified atom stereocenters. The van der Waals surface area contributed by atoms with E-state index in [0.29, 0.717) is 24.3 Å². The fourth-order valence-corrected chi connectivity index (χ4v) is 5.21. The standard InChI is InChI=1S/C17H16N2O5S2/c18-11-13-2-1-3-14(10-13)12-24-17(20)16-15(4-9-25-16)26(21,22)19-5-7-23-8-6-19/h1-4,9-10H,5-8,12H2. The van der Waals surface area contributed by atoms with Gasteiger partial charge in [-0.05, 0) is 29.1 Å². The second kappa shape index (κ2) is 7.97. The second-order valence-corrected chi connectivity index (χ2v) is 8.34. The molecule has 0 amide bonds. The number of carbonyl (C=O) groups is 1. The lowest BCUT2D eigenvalue weighted by Crippen LogP contribution is -2.40. The van der Waals surface area contributed by atoms with Crippen LogP contribution in [0.2, 0.25) is 0 Å². The van der Waals surface area contributed by atoms with Crippen molar-refractivity contribution in [3.8, 4) is 6.07 Å². The van der Waals surface area contributed by atoms with Crippen molar-refractivity contribution in [3.05, 3.63) is 51.7 Å². The molecule has 1 aliphatic rings. The van der Waals surface area contributed by atoms with Crippen molar-refractivity contribution in [2.75, 3.05) is 26.3 Å². The zero-order valence-corrected chi connectivity index (χ0v) is 15.4. The molecule has 0 radical (unpaired) electrons. The third kappa shape index (κ3) is 3.94. The minimum atomic E-state index is -3.77. The second-order valence-electron chi connectivity index (χ2n) is 5.52. The zero-order valence-electron chi connectivity index (χ0n) is 13.8. The van der Waals surface area contributed by atoms with Crippen LogP contribution in [0.15, 0.2) is 40.6 Å². The number of ether oxygens (including phenoxy) is 2. The van der Waals surface area contributed by atoms with Gasteiger partial charge in [-0.1, -0.05) is 12.1 Å². The average Bonchev–Trinajstić information content (AvgIpc) is 3.18. The summed E-state index contributed by atoms with van der Waals surface area (Å²) in [6.45, 7) is 1.14. The maximum absolute atomic E-state index is 12.8. The lowest BCUT2D eigenvalue weighted by molar-refractivity contribution is 0.0473. The van der Waals surface area contributed by atoms with Crippen LogP contribution in [-0.2, 0) is 26.1 Å². The molecule has 2 aromatic rings. The van der Waals surface area contributed by atoms with E-state index in [0.717, 1.165) is 11.3 Å². The molecule has 1 aromatic heterocycles. The van der Waals surface area contributed by atoms with Gasteiger partial charge < -0.3 is 9.47 Å². The molecule has 0 saturated carbocycles. The Morgan fingerprint density at radius 1 is 1.31 bits per heavy atom. The van der Waals surface area contributed by atoms with Crippen molar-refractivity contribution >= 4 is 27.3 Å². The maximum Gasteiger partial charge on any atom is 0.350 e. The van der Waals surface area contributed by atoms with Gasteiger partial charge in [0.15, 0.2) is 0 Å². The molecule has 1 fully saturated rings. The third-order valence-electron chi connectivity index (χ3n) is 3.83. The Morgan fingerprint density at radius 2 is 2.08 bits per heavy atom. The highest BCUT2D eigenvalue weighted by atomic mass is 32.2. The summed E-state index contributed by atoms with van der Waals surface area (Å²) in [5.41, 5.74) is 1.12. The SMILES string of the molecule is N#Cc1cccc(COC(=O)c2sccc2S(=O)(=O)N2CCOCC2)c1. The summed E-state index contributed by atoms with van der Waals surface area (Å²) in [6, 6.07) is 10.1. The number of thiophene rings is 1. The number of benzene rings is 1. The van der Waals surface area contributed by atoms with Crippen LogP contribution in [0.4, 0.5) is 0 Å². The lowest BCUT2D eigenvalue weighted by atomic mass is 10.1. The van der Waals surface area contributed by atoms with Gasteiger partial charge in [0.25, 0.3) is 0 Å². The minimum absolute atomic E-state index is 0.0384. The van der Waals surface area contributed by atoms with Crippen molar-refractivity contribution in [3.63, 3.8) is 0 Å². The van der Waals surface area contributed by atoms with Crippen LogP contribution >= 0.6 is 11.3 Å². The molecule has 9 heteroatoms. The summed E-state index contributed by atoms with van der Waals surface area (Å²) in [5.74, 6) is -0.700. The van der Waals surface area contributed by atoms with E-state index in [1.165, 1.54) is 10.4 Å². The molecule has 1 aromatic carbocycles. The average molecular weight is 392 g/mol. The van der Waals surface area contributed by atoms with Gasteiger partial charge in [-0.2, -0.15) is 9.57 Å². The number of carbonyl (C=O) groups excluding carboxylic acids is 1. The van der Waals surface area contributed by atoms with E-state index in [9.17, 15) is 13.2 Å². The Labute approximate surface area is 155 Å². The summed E-state index contributed by atoms with van der Waals surface area (Å²) in [5, 5.41) is 10.5. The number of morpholine rings is 1. The van der Waals surface area contributed by atoms with Crippen LogP contribution in [0, 0.1) is 11.3 Å². The summed E-state index contributed by atoms with van der Waals surface area (Å²) in [4.78, 5) is 12.4. The number of esters is 1. The molecule has 136 valence electrons. The predicted octanol–water partition coefficient (Wildman–Crippen LogP) is 2.00. The molecule has 7 nitrogen and oxygen atoms in total. The van der Waals surface area contributed by atoms with Crippen molar-refractivity contribution in [2.45, 2.75) is 11.5 Å². The highest BCUT2D eigenvalue weighted by molar-refractivity contribution is 7.89. The van der Waals surface area contributed by atoms with Gasteiger partial charge >= 0.3 is 5.97 Å². The first-order chi connectivity index (χ1) is 12.5. The van der Waals surface area contributed by atoms with Crippen LogP contribution < -0.4 is 0 Å². The summed E-state index contributed by atoms with van der Waals surface area (Å²) in [7, 11) is -3.77. The fourth-order valence-electron chi connectivity index (χ4n) is 2.52. The number of hydrogen-bond donors (Lipinski definition) is 0. The van der Waals surface area contributed by atoms with E-state index >= 15 is 0 Å². The Hall–Kier alpha value is -2.25. The molecule has 26 heavy (non-hydrogen) atoms. The number of hydrogen-bond acceptors (Lipinski definition) is 7. The molecular weight excluding hydrogens is 376 g/mol. The molecule has 0 spiro atoms. The minimum Gasteiger partial charge on any atom is -0.457 e. The van der Waals surface area contributed by atoms with Crippen LogP contribution in [-0.4, -0.2) is 45.0 Å². The smallest absolute Gasteiger partial charge is 0.350 e. The summed E-state index contributed by atoms with van der Waals surface area (Å²) in [6.07, 6.45) is 0. The molecular formula is C17H16N2O5S2. The molecule has 1 aliphatic heterocycles. The Bertz CT molecular complexity index is 940. The molecule has 0 N–H and O–H groups in total. The van der Waals surface area contributed by atoms with Gasteiger partial charge in [0.05, 0.1) is 24.8 Å². The van der Waals surface area contributed by atoms with Gasteiger partial charge in [-0.15, -0.1) is 11.3 Å². The summed E-state index contributed by atoms with van der Waals surface area (Å²) >= 11 is 1.03. The van der Waals surface area contributed by atoms with E-state index in [-0.39, 0.29) is 29.5 Å². The maximum atomic E-state index is 12.8. The van der Waals surface area contributed by atoms with Crippen molar-refractivity contribution in [2.24, 2.45) is 0 Å². The highest BCUT2D eigenvalue weighted by Gasteiger charge is 2.31. The van der Waals surface area contributed by atoms with Gasteiger partial charge in [0, 0.05) is 13.1 Å². The van der Waals surface area contributed by atoms with Crippen LogP contribution in [0.5, 0.6) is 0 Å². The number of sulfonamides is 1. The Morgan fingerprint density at radius 3 is 2.81 bits per heavy atom. The first-order valence-corrected chi connectivity index (χ1v) is 10.2. The first kappa shape index (κ1) is 18.5. The fraction of sp³-hybridized carbons (Fsp3) is 0.294. The molecule has 0 aliphatic carbocycles. The molecule has 1 saturated heterocycles. The van der Waals surface area contributed by atoms with E-state index in [1.54, 1.807) is 29.6 Å². The van der Waals surface area contributed by atoms with Gasteiger partial charge in [-0.25, -0.2) is 13.2 Å². The number of nitriles is 1.